The molecule has 1 aromatic heterocycles. The molecule has 3 aromatic rings. The molecule has 0 saturated carbocycles. The fraction of sp³-hybridized carbons (Fsp3) is 0.238. The molecule has 0 aliphatic carbocycles. The smallest absolute Gasteiger partial charge is 0.243 e. The normalized spacial score (nSPS) is 16.2. The van der Waals surface area contributed by atoms with Gasteiger partial charge in [-0.15, -0.1) is 0 Å². The predicted molar refractivity (Wildman–Crippen MR) is 113 cm³/mol. The van der Waals surface area contributed by atoms with Crippen molar-refractivity contribution in [3.63, 3.8) is 0 Å². The van der Waals surface area contributed by atoms with Crippen LogP contribution in [0.5, 0.6) is 0 Å². The third-order valence-corrected chi connectivity index (χ3v) is 5.15. The van der Waals surface area contributed by atoms with Gasteiger partial charge in [-0.05, 0) is 48.9 Å². The number of anilines is 3. The number of fused-ring (bicyclic) bond motifs is 1. The number of carbonyl (C=O) groups is 1. The van der Waals surface area contributed by atoms with Crippen molar-refractivity contribution < 1.29 is 14.3 Å². The molecule has 150 valence electrons. The highest BCUT2D eigenvalue weighted by molar-refractivity contribution is 6.35. The quantitative estimate of drug-likeness (QED) is 0.594. The Bertz CT molecular complexity index is 1060. The molecule has 1 aliphatic heterocycles. The molecule has 2 aromatic carbocycles. The van der Waals surface area contributed by atoms with E-state index < -0.39 is 0 Å². The molecule has 1 fully saturated rings. The summed E-state index contributed by atoms with van der Waals surface area (Å²) in [6, 6.07) is 13.1. The van der Waals surface area contributed by atoms with E-state index >= 15 is 0 Å². The molecule has 1 aliphatic rings. The highest BCUT2D eigenvalue weighted by atomic mass is 35.5. The van der Waals surface area contributed by atoms with E-state index in [1.165, 1.54) is 12.1 Å². The van der Waals surface area contributed by atoms with Gasteiger partial charge in [-0.25, -0.2) is 9.37 Å². The van der Waals surface area contributed by atoms with E-state index in [4.69, 9.17) is 11.6 Å². The van der Waals surface area contributed by atoms with Gasteiger partial charge in [0.15, 0.2) is 0 Å². The fourth-order valence-electron chi connectivity index (χ4n) is 3.38. The lowest BCUT2D eigenvalue weighted by atomic mass is 10.1. The lowest BCUT2D eigenvalue weighted by Gasteiger charge is -2.18. The number of carbonyl (C=O) groups excluding carboxylic acids is 1. The molecule has 2 heterocycles. The van der Waals surface area contributed by atoms with Crippen molar-refractivity contribution in [2.75, 3.05) is 35.2 Å². The van der Waals surface area contributed by atoms with Gasteiger partial charge < -0.3 is 20.6 Å². The molecule has 3 N–H and O–H groups in total. The first-order valence-corrected chi connectivity index (χ1v) is 9.69. The Balaban J connectivity index is 1.51. The number of hydrogen-bond acceptors (Lipinski definition) is 5. The van der Waals surface area contributed by atoms with Crippen molar-refractivity contribution >= 4 is 45.6 Å². The summed E-state index contributed by atoms with van der Waals surface area (Å²) in [4.78, 5) is 19.1. The minimum absolute atomic E-state index is 0.0344. The molecule has 6 nitrogen and oxygen atoms in total. The lowest BCUT2D eigenvalue weighted by Crippen LogP contribution is -2.23. The molecule has 29 heavy (non-hydrogen) atoms. The Morgan fingerprint density at radius 1 is 1.28 bits per heavy atom. The van der Waals surface area contributed by atoms with Crippen LogP contribution in [0.25, 0.3) is 10.9 Å². The minimum atomic E-state index is -0.375. The van der Waals surface area contributed by atoms with Gasteiger partial charge in [0.2, 0.25) is 5.91 Å². The molecular weight excluding hydrogens is 395 g/mol. The summed E-state index contributed by atoms with van der Waals surface area (Å²) in [6.07, 6.45) is 0.387. The highest BCUT2D eigenvalue weighted by Gasteiger charge is 2.22. The number of benzene rings is 2. The van der Waals surface area contributed by atoms with Crippen molar-refractivity contribution in [1.29, 1.82) is 0 Å². The number of β-amino-alcohol motifs (C(OH)–C–C–N with tert-alkyl or cyclic N) is 1. The number of aromatic nitrogens is 1. The zero-order valence-corrected chi connectivity index (χ0v) is 16.3. The molecule has 0 spiro atoms. The number of halogens is 2. The second-order valence-corrected chi connectivity index (χ2v) is 7.37. The summed E-state index contributed by atoms with van der Waals surface area (Å²) in [5.74, 6) is 0.0942. The van der Waals surface area contributed by atoms with E-state index in [-0.39, 0.29) is 24.4 Å². The van der Waals surface area contributed by atoms with Crippen molar-refractivity contribution in [2.24, 2.45) is 0 Å². The average molecular weight is 415 g/mol. The van der Waals surface area contributed by atoms with Gasteiger partial charge >= 0.3 is 0 Å². The van der Waals surface area contributed by atoms with Crippen LogP contribution in [0.4, 0.5) is 21.6 Å². The van der Waals surface area contributed by atoms with Crippen LogP contribution in [0.1, 0.15) is 6.42 Å². The first kappa shape index (κ1) is 19.4. The Morgan fingerprint density at radius 3 is 2.90 bits per heavy atom. The number of pyridine rings is 1. The number of nitrogens with one attached hydrogen (secondary N) is 2. The van der Waals surface area contributed by atoms with Crippen LogP contribution >= 0.6 is 11.6 Å². The SMILES string of the molecule is O=C(CNc1cccc(F)c1)Nc1c(Cl)ccc2nc(N3CC[C@@H](O)C3)ccc12. The minimum Gasteiger partial charge on any atom is -0.391 e. The van der Waals surface area contributed by atoms with Crippen molar-refractivity contribution in [2.45, 2.75) is 12.5 Å². The number of nitrogens with zero attached hydrogens (tertiary/aromatic N) is 2. The first-order valence-electron chi connectivity index (χ1n) is 9.31. The summed E-state index contributed by atoms with van der Waals surface area (Å²) in [5.41, 5.74) is 1.70. The molecule has 1 saturated heterocycles. The van der Waals surface area contributed by atoms with Gasteiger partial charge in [-0.3, -0.25) is 4.79 Å². The number of aliphatic hydroxyl groups excluding tert-OH is 1. The lowest BCUT2D eigenvalue weighted by molar-refractivity contribution is -0.114. The van der Waals surface area contributed by atoms with Gasteiger partial charge in [0, 0.05) is 24.2 Å². The Labute approximate surface area is 172 Å². The van der Waals surface area contributed by atoms with Crippen LogP contribution in [0.3, 0.4) is 0 Å². The molecule has 1 amide bonds. The molecule has 1 atom stereocenters. The van der Waals surface area contributed by atoms with Crippen LogP contribution in [-0.2, 0) is 4.79 Å². The van der Waals surface area contributed by atoms with Crippen LogP contribution in [-0.4, -0.2) is 41.7 Å². The third-order valence-electron chi connectivity index (χ3n) is 4.84. The van der Waals surface area contributed by atoms with Gasteiger partial charge in [-0.2, -0.15) is 0 Å². The number of aliphatic hydroxyl groups is 1. The first-order chi connectivity index (χ1) is 14.0. The Kier molecular flexibility index (Phi) is 5.51. The van der Waals surface area contributed by atoms with Gasteiger partial charge in [-0.1, -0.05) is 17.7 Å². The highest BCUT2D eigenvalue weighted by Crippen LogP contribution is 2.32. The average Bonchev–Trinajstić information content (AvgIpc) is 3.15. The zero-order chi connectivity index (χ0) is 20.4. The van der Waals surface area contributed by atoms with Crippen LogP contribution in [0.15, 0.2) is 48.5 Å². The van der Waals surface area contributed by atoms with E-state index in [9.17, 15) is 14.3 Å². The molecule has 0 bridgehead atoms. The summed E-state index contributed by atoms with van der Waals surface area (Å²) in [7, 11) is 0. The second-order valence-electron chi connectivity index (χ2n) is 6.96. The van der Waals surface area contributed by atoms with E-state index in [1.54, 1.807) is 24.3 Å². The summed E-state index contributed by atoms with van der Waals surface area (Å²) in [5, 5.41) is 16.6. The Morgan fingerprint density at radius 2 is 2.14 bits per heavy atom. The Hall–Kier alpha value is -2.90. The van der Waals surface area contributed by atoms with E-state index in [0.717, 1.165) is 24.2 Å². The monoisotopic (exact) mass is 414 g/mol. The van der Waals surface area contributed by atoms with Gasteiger partial charge in [0.25, 0.3) is 0 Å². The van der Waals surface area contributed by atoms with Crippen LogP contribution < -0.4 is 15.5 Å². The topological polar surface area (TPSA) is 77.5 Å². The van der Waals surface area contributed by atoms with Gasteiger partial charge in [0.1, 0.15) is 11.6 Å². The standard InChI is InChI=1S/C21H20ClFN4O2/c22-17-5-6-18-16(4-7-19(25-18)27-9-8-15(28)12-27)21(17)26-20(29)11-24-14-3-1-2-13(23)10-14/h1-7,10,15,24,28H,8-9,11-12H2,(H,26,29)/t15-/m1/s1. The number of rotatable bonds is 5. The molecular formula is C21H20ClFN4O2. The maximum atomic E-state index is 13.2. The van der Waals surface area contributed by atoms with E-state index in [2.05, 4.69) is 15.6 Å². The molecule has 8 heteroatoms. The fourth-order valence-corrected chi connectivity index (χ4v) is 3.60. The van der Waals surface area contributed by atoms with E-state index in [1.807, 2.05) is 17.0 Å². The van der Waals surface area contributed by atoms with E-state index in [0.29, 0.717) is 28.5 Å². The second kappa shape index (κ2) is 8.23. The van der Waals surface area contributed by atoms with Crippen molar-refractivity contribution in [3.8, 4) is 0 Å². The third kappa shape index (κ3) is 4.41. The predicted octanol–water partition coefficient (Wildman–Crippen LogP) is 3.65. The zero-order valence-electron chi connectivity index (χ0n) is 15.5. The maximum absolute atomic E-state index is 13.2. The largest absolute Gasteiger partial charge is 0.391 e. The summed E-state index contributed by atoms with van der Waals surface area (Å²) < 4.78 is 13.2. The molecule has 0 radical (unpaired) electrons. The van der Waals surface area contributed by atoms with Crippen LogP contribution in [0, 0.1) is 5.82 Å². The summed E-state index contributed by atoms with van der Waals surface area (Å²) in [6.45, 7) is 1.28. The van der Waals surface area contributed by atoms with Crippen LogP contribution in [0.2, 0.25) is 5.02 Å². The molecule has 4 rings (SSSR count). The van der Waals surface area contributed by atoms with Gasteiger partial charge in [0.05, 0.1) is 28.9 Å². The maximum Gasteiger partial charge on any atom is 0.243 e. The number of hydrogen-bond donors (Lipinski definition) is 3. The van der Waals surface area contributed by atoms with Crippen molar-refractivity contribution in [1.82, 2.24) is 4.98 Å². The molecule has 0 unspecified atom stereocenters. The number of amides is 1. The summed E-state index contributed by atoms with van der Waals surface area (Å²) >= 11 is 6.32. The van der Waals surface area contributed by atoms with Crippen molar-refractivity contribution in [3.05, 3.63) is 59.4 Å².